The normalized spacial score (nSPS) is 14.8. The van der Waals surface area contributed by atoms with Gasteiger partial charge in [0.25, 0.3) is 0 Å². The number of hydrogen-bond acceptors (Lipinski definition) is 5. The second kappa shape index (κ2) is 6.64. The Morgan fingerprint density at radius 3 is 2.44 bits per heavy atom. The van der Waals surface area contributed by atoms with E-state index in [1.807, 2.05) is 22.7 Å². The Hall–Kier alpha value is -2.96. The van der Waals surface area contributed by atoms with Crippen LogP contribution in [0.3, 0.4) is 0 Å². The number of rotatable bonds is 2. The number of aryl methyl sites for hydroxylation is 3. The molecule has 7 nitrogen and oxygen atoms in total. The van der Waals surface area contributed by atoms with Gasteiger partial charge in [0.05, 0.1) is 17.3 Å². The van der Waals surface area contributed by atoms with Crippen LogP contribution in [0.25, 0.3) is 16.7 Å². The van der Waals surface area contributed by atoms with Gasteiger partial charge in [-0.15, -0.1) is 0 Å². The third kappa shape index (κ3) is 3.13. The molecule has 7 heteroatoms. The number of hydrogen-bond donors (Lipinski definition) is 0. The molecule has 3 aromatic rings. The highest BCUT2D eigenvalue weighted by Gasteiger charge is 2.23. The van der Waals surface area contributed by atoms with Crippen LogP contribution in [-0.4, -0.2) is 56.7 Å². The Labute approximate surface area is 158 Å². The van der Waals surface area contributed by atoms with Crippen LogP contribution in [0.15, 0.2) is 24.4 Å². The molecule has 2 aromatic heterocycles. The lowest BCUT2D eigenvalue weighted by Crippen LogP contribution is -2.48. The molecule has 0 unspecified atom stereocenters. The molecular formula is C20H24N6O. The Balaban J connectivity index is 1.76. The Kier molecular flexibility index (Phi) is 4.30. The van der Waals surface area contributed by atoms with Gasteiger partial charge in [0.2, 0.25) is 5.91 Å². The summed E-state index contributed by atoms with van der Waals surface area (Å²) >= 11 is 0. The summed E-state index contributed by atoms with van der Waals surface area (Å²) in [6.07, 6.45) is 1.85. The van der Waals surface area contributed by atoms with E-state index in [9.17, 15) is 4.79 Å². The summed E-state index contributed by atoms with van der Waals surface area (Å²) in [7, 11) is 0. The molecule has 1 aliphatic rings. The van der Waals surface area contributed by atoms with Gasteiger partial charge in [-0.1, -0.05) is 17.7 Å². The number of aromatic nitrogens is 4. The molecule has 0 aliphatic carbocycles. The van der Waals surface area contributed by atoms with Crippen LogP contribution < -0.4 is 4.90 Å². The number of nitrogens with zero attached hydrogens (tertiary/aromatic N) is 6. The Morgan fingerprint density at radius 1 is 1.04 bits per heavy atom. The van der Waals surface area contributed by atoms with Crippen LogP contribution >= 0.6 is 0 Å². The fourth-order valence-electron chi connectivity index (χ4n) is 3.69. The van der Waals surface area contributed by atoms with Gasteiger partial charge >= 0.3 is 0 Å². The number of amides is 1. The van der Waals surface area contributed by atoms with Crippen LogP contribution in [-0.2, 0) is 4.79 Å². The van der Waals surface area contributed by atoms with Crippen molar-refractivity contribution in [2.24, 2.45) is 0 Å². The summed E-state index contributed by atoms with van der Waals surface area (Å²) in [4.78, 5) is 25.1. The number of benzene rings is 1. The van der Waals surface area contributed by atoms with E-state index < -0.39 is 0 Å². The van der Waals surface area contributed by atoms with E-state index >= 15 is 0 Å². The molecule has 0 bridgehead atoms. The van der Waals surface area contributed by atoms with Crippen molar-refractivity contribution in [1.82, 2.24) is 24.6 Å². The van der Waals surface area contributed by atoms with E-state index in [2.05, 4.69) is 47.0 Å². The molecule has 0 atom stereocenters. The summed E-state index contributed by atoms with van der Waals surface area (Å²) in [5.41, 5.74) is 4.23. The van der Waals surface area contributed by atoms with E-state index in [1.54, 1.807) is 6.92 Å². The molecular weight excluding hydrogens is 340 g/mol. The summed E-state index contributed by atoms with van der Waals surface area (Å²) in [5, 5.41) is 5.56. The zero-order valence-electron chi connectivity index (χ0n) is 16.2. The molecule has 0 spiro atoms. The van der Waals surface area contributed by atoms with Crippen molar-refractivity contribution in [2.75, 3.05) is 31.1 Å². The van der Waals surface area contributed by atoms with Crippen molar-refractivity contribution in [3.8, 4) is 5.69 Å². The van der Waals surface area contributed by atoms with Crippen molar-refractivity contribution in [3.05, 3.63) is 41.3 Å². The highest BCUT2D eigenvalue weighted by molar-refractivity contribution is 5.88. The van der Waals surface area contributed by atoms with E-state index in [1.165, 1.54) is 5.56 Å². The molecule has 140 valence electrons. The lowest BCUT2D eigenvalue weighted by molar-refractivity contribution is -0.129. The maximum Gasteiger partial charge on any atom is 0.219 e. The summed E-state index contributed by atoms with van der Waals surface area (Å²) in [6, 6.07) is 6.32. The maximum absolute atomic E-state index is 11.6. The largest absolute Gasteiger partial charge is 0.352 e. The topological polar surface area (TPSA) is 67.2 Å². The number of fused-ring (bicyclic) bond motifs is 1. The first kappa shape index (κ1) is 17.5. The van der Waals surface area contributed by atoms with Crippen LogP contribution in [0.4, 0.5) is 5.82 Å². The first-order chi connectivity index (χ1) is 12.9. The van der Waals surface area contributed by atoms with Gasteiger partial charge in [-0.2, -0.15) is 5.10 Å². The van der Waals surface area contributed by atoms with Crippen LogP contribution in [0.1, 0.15) is 23.9 Å². The van der Waals surface area contributed by atoms with Crippen LogP contribution in [0.2, 0.25) is 0 Å². The Bertz CT molecular complexity index is 1020. The number of carbonyl (C=O) groups excluding carboxylic acids is 1. The summed E-state index contributed by atoms with van der Waals surface area (Å²) in [5.74, 6) is 1.75. The minimum absolute atomic E-state index is 0.126. The lowest BCUT2D eigenvalue weighted by Gasteiger charge is -2.35. The van der Waals surface area contributed by atoms with Crippen molar-refractivity contribution in [3.63, 3.8) is 0 Å². The molecule has 1 amide bonds. The van der Waals surface area contributed by atoms with E-state index in [4.69, 9.17) is 4.98 Å². The number of piperazine rings is 1. The van der Waals surface area contributed by atoms with Gasteiger partial charge in [-0.25, -0.2) is 14.6 Å². The van der Waals surface area contributed by atoms with Gasteiger partial charge in [0, 0.05) is 33.1 Å². The number of anilines is 1. The zero-order chi connectivity index (χ0) is 19.1. The third-order valence-corrected chi connectivity index (χ3v) is 5.13. The zero-order valence-corrected chi connectivity index (χ0v) is 16.2. The molecule has 1 fully saturated rings. The summed E-state index contributed by atoms with van der Waals surface area (Å²) < 4.78 is 1.90. The van der Waals surface area contributed by atoms with Crippen molar-refractivity contribution in [1.29, 1.82) is 0 Å². The van der Waals surface area contributed by atoms with E-state index in [0.29, 0.717) is 13.1 Å². The standard InChI is InChI=1S/C20H24N6O/c1-13-5-6-18(14(2)11-13)26-20-17(12-21-26)19(22-15(3)23-20)25-9-7-24(8-10-25)16(4)27/h5-6,11-12H,7-10H2,1-4H3. The van der Waals surface area contributed by atoms with E-state index in [0.717, 1.165) is 47.0 Å². The predicted octanol–water partition coefficient (Wildman–Crippen LogP) is 2.41. The Morgan fingerprint density at radius 2 is 1.78 bits per heavy atom. The monoisotopic (exact) mass is 364 g/mol. The van der Waals surface area contributed by atoms with Gasteiger partial charge in [-0.3, -0.25) is 4.79 Å². The first-order valence-corrected chi connectivity index (χ1v) is 9.24. The highest BCUT2D eigenvalue weighted by atomic mass is 16.2. The maximum atomic E-state index is 11.6. The van der Waals surface area contributed by atoms with Gasteiger partial charge in [-0.05, 0) is 32.4 Å². The predicted molar refractivity (Wildman–Crippen MR) is 105 cm³/mol. The SMILES string of the molecule is CC(=O)N1CCN(c2nc(C)nc3c2cnn3-c2ccc(C)cc2C)CC1. The average Bonchev–Trinajstić information content (AvgIpc) is 3.04. The van der Waals surface area contributed by atoms with Crippen molar-refractivity contribution in [2.45, 2.75) is 27.7 Å². The molecule has 27 heavy (non-hydrogen) atoms. The summed E-state index contributed by atoms with van der Waals surface area (Å²) in [6.45, 7) is 10.7. The molecule has 0 radical (unpaired) electrons. The molecule has 4 rings (SSSR count). The average molecular weight is 364 g/mol. The minimum atomic E-state index is 0.126. The van der Waals surface area contributed by atoms with Crippen LogP contribution in [0.5, 0.6) is 0 Å². The fourth-order valence-corrected chi connectivity index (χ4v) is 3.69. The third-order valence-electron chi connectivity index (χ3n) is 5.13. The molecule has 1 aromatic carbocycles. The van der Waals surface area contributed by atoms with Gasteiger partial charge < -0.3 is 9.80 Å². The molecule has 1 aliphatic heterocycles. The second-order valence-electron chi connectivity index (χ2n) is 7.17. The molecule has 3 heterocycles. The van der Waals surface area contributed by atoms with E-state index in [-0.39, 0.29) is 5.91 Å². The lowest BCUT2D eigenvalue weighted by atomic mass is 10.1. The minimum Gasteiger partial charge on any atom is -0.352 e. The molecule has 0 saturated carbocycles. The number of carbonyl (C=O) groups is 1. The van der Waals surface area contributed by atoms with Crippen LogP contribution in [0, 0.1) is 20.8 Å². The second-order valence-corrected chi connectivity index (χ2v) is 7.17. The van der Waals surface area contributed by atoms with Gasteiger partial charge in [0.1, 0.15) is 11.6 Å². The highest BCUT2D eigenvalue weighted by Crippen LogP contribution is 2.27. The molecule has 1 saturated heterocycles. The first-order valence-electron chi connectivity index (χ1n) is 9.24. The fraction of sp³-hybridized carbons (Fsp3) is 0.400. The smallest absolute Gasteiger partial charge is 0.219 e. The van der Waals surface area contributed by atoms with Crippen molar-refractivity contribution >= 4 is 22.8 Å². The quantitative estimate of drug-likeness (QED) is 0.699. The van der Waals surface area contributed by atoms with Crippen molar-refractivity contribution < 1.29 is 4.79 Å². The molecule has 0 N–H and O–H groups in total. The van der Waals surface area contributed by atoms with Gasteiger partial charge in [0.15, 0.2) is 5.65 Å².